The second-order valence-electron chi connectivity index (χ2n) is 5.84. The number of benzene rings is 3. The zero-order valence-corrected chi connectivity index (χ0v) is 16.4. The van der Waals surface area contributed by atoms with Crippen LogP contribution in [0.15, 0.2) is 60.7 Å². The maximum absolute atomic E-state index is 12.9. The van der Waals surface area contributed by atoms with E-state index in [9.17, 15) is 9.59 Å². The Bertz CT molecular complexity index is 977. The van der Waals surface area contributed by atoms with Crippen molar-refractivity contribution in [1.29, 1.82) is 0 Å². The van der Waals surface area contributed by atoms with Gasteiger partial charge in [-0.1, -0.05) is 47.5 Å². The predicted octanol–water partition coefficient (Wildman–Crippen LogP) is 4.31. The number of anilines is 2. The average molecular weight is 496 g/mol. The number of carbonyl (C=O) groups excluding carboxylic acids is 2. The van der Waals surface area contributed by atoms with Gasteiger partial charge in [-0.2, -0.15) is 0 Å². The first-order valence-corrected chi connectivity index (χ1v) is 7.72. The van der Waals surface area contributed by atoms with Crippen LogP contribution in [0, 0.1) is 13.0 Å². The van der Waals surface area contributed by atoms with Crippen LogP contribution < -0.4 is 5.32 Å². The van der Waals surface area contributed by atoms with Gasteiger partial charge in [-0.3, -0.25) is 4.79 Å². The van der Waals surface area contributed by atoms with E-state index in [0.717, 1.165) is 11.3 Å². The van der Waals surface area contributed by atoms with Crippen LogP contribution in [0.1, 0.15) is 37.4 Å². The van der Waals surface area contributed by atoms with E-state index in [1.54, 1.807) is 36.4 Å². The van der Waals surface area contributed by atoms with Gasteiger partial charge in [0.1, 0.15) is 5.78 Å². The maximum atomic E-state index is 12.9. The summed E-state index contributed by atoms with van der Waals surface area (Å²) in [6, 6.07) is 21.2. The van der Waals surface area contributed by atoms with Gasteiger partial charge in [0.05, 0.1) is 0 Å². The van der Waals surface area contributed by atoms with Gasteiger partial charge in [0.15, 0.2) is 5.78 Å². The number of ketones is 2. The minimum absolute atomic E-state index is 0. The van der Waals surface area contributed by atoms with Crippen LogP contribution in [0.2, 0.25) is 0 Å². The molecule has 0 atom stereocenters. The molecule has 0 saturated carbocycles. The van der Waals surface area contributed by atoms with Crippen LogP contribution in [-0.2, 0) is 21.1 Å². The van der Waals surface area contributed by atoms with Crippen molar-refractivity contribution in [3.8, 4) is 0 Å². The number of nitrogens with one attached hydrogen (secondary N) is 1. The van der Waals surface area contributed by atoms with E-state index in [4.69, 9.17) is 0 Å². The van der Waals surface area contributed by atoms with Crippen molar-refractivity contribution in [1.82, 2.24) is 0 Å². The molecule has 4 rings (SSSR count). The number of aryl methyl sites for hydroxylation is 1. The largest absolute Gasteiger partial charge is 2.00 e. The third-order valence-corrected chi connectivity index (χ3v) is 4.20. The van der Waals surface area contributed by atoms with Gasteiger partial charge in [0.25, 0.3) is 0 Å². The molecule has 1 aliphatic rings. The molecule has 0 spiro atoms. The Hall–Kier alpha value is -2.51. The second-order valence-corrected chi connectivity index (χ2v) is 5.84. The standard InChI is InChI=1S/C21H14NO2.W/c1-13-9-11-14(12-10-13)22-18-8-4-7-17-19(18)21(24)16-6-3-2-5-15(16)20(17)23;/h2-6,8-12,22H,1H3;/q-1;+2. The Morgan fingerprint density at radius 2 is 1.48 bits per heavy atom. The summed E-state index contributed by atoms with van der Waals surface area (Å²) >= 11 is 0. The van der Waals surface area contributed by atoms with E-state index < -0.39 is 0 Å². The Morgan fingerprint density at radius 3 is 2.16 bits per heavy atom. The number of hydrogen-bond donors (Lipinski definition) is 1. The van der Waals surface area contributed by atoms with Crippen LogP contribution in [0.3, 0.4) is 0 Å². The first-order valence-electron chi connectivity index (χ1n) is 7.72. The second kappa shape index (κ2) is 6.77. The maximum Gasteiger partial charge on any atom is 2.00 e. The third-order valence-electron chi connectivity index (χ3n) is 4.20. The quantitative estimate of drug-likeness (QED) is 0.421. The van der Waals surface area contributed by atoms with Gasteiger partial charge in [0, 0.05) is 11.3 Å². The zero-order valence-electron chi connectivity index (χ0n) is 13.5. The van der Waals surface area contributed by atoms with Gasteiger partial charge in [-0.05, 0) is 35.9 Å². The number of fused-ring (bicyclic) bond motifs is 2. The summed E-state index contributed by atoms with van der Waals surface area (Å²) in [7, 11) is 0. The summed E-state index contributed by atoms with van der Waals surface area (Å²) in [5.41, 5.74) is 4.26. The van der Waals surface area contributed by atoms with Crippen molar-refractivity contribution in [3.63, 3.8) is 0 Å². The van der Waals surface area contributed by atoms with E-state index >= 15 is 0 Å². The Balaban J connectivity index is 0.00000182. The van der Waals surface area contributed by atoms with Gasteiger partial charge in [-0.25, -0.2) is 0 Å². The van der Waals surface area contributed by atoms with Gasteiger partial charge >= 0.3 is 21.1 Å². The molecule has 25 heavy (non-hydrogen) atoms. The monoisotopic (exact) mass is 496 g/mol. The van der Waals surface area contributed by atoms with Gasteiger partial charge in [-0.15, -0.1) is 18.2 Å². The molecule has 3 aromatic carbocycles. The van der Waals surface area contributed by atoms with Crippen molar-refractivity contribution >= 4 is 22.9 Å². The average Bonchev–Trinajstić information content (AvgIpc) is 2.61. The molecule has 0 bridgehead atoms. The smallest absolute Gasteiger partial charge is 0.372 e. The number of hydrogen-bond acceptors (Lipinski definition) is 3. The molecule has 0 heterocycles. The Labute approximate surface area is 160 Å². The molecule has 1 aliphatic carbocycles. The van der Waals surface area contributed by atoms with Crippen molar-refractivity contribution in [2.45, 2.75) is 6.92 Å². The first kappa shape index (κ1) is 17.3. The van der Waals surface area contributed by atoms with Crippen LogP contribution >= 0.6 is 0 Å². The molecular formula is C21H14NO2W+. The Morgan fingerprint density at radius 1 is 0.840 bits per heavy atom. The minimum atomic E-state index is -0.159. The van der Waals surface area contributed by atoms with E-state index in [2.05, 4.69) is 11.4 Å². The molecule has 0 amide bonds. The van der Waals surface area contributed by atoms with Crippen molar-refractivity contribution in [3.05, 3.63) is 94.5 Å². The summed E-state index contributed by atoms with van der Waals surface area (Å²) in [6.45, 7) is 2.02. The fraction of sp³-hybridized carbons (Fsp3) is 0.0476. The summed E-state index contributed by atoms with van der Waals surface area (Å²) in [6.07, 6.45) is 0. The number of rotatable bonds is 2. The molecule has 0 aromatic heterocycles. The van der Waals surface area contributed by atoms with E-state index in [1.807, 2.05) is 31.2 Å². The molecule has 0 fully saturated rings. The summed E-state index contributed by atoms with van der Waals surface area (Å²) in [5, 5.41) is 3.25. The van der Waals surface area contributed by atoms with Crippen molar-refractivity contribution in [2.75, 3.05) is 5.32 Å². The summed E-state index contributed by atoms with van der Waals surface area (Å²) < 4.78 is 0. The summed E-state index contributed by atoms with van der Waals surface area (Å²) in [5.74, 6) is -0.306. The van der Waals surface area contributed by atoms with Crippen LogP contribution in [0.5, 0.6) is 0 Å². The van der Waals surface area contributed by atoms with Crippen molar-refractivity contribution < 1.29 is 30.7 Å². The molecule has 4 heteroatoms. The van der Waals surface area contributed by atoms with Gasteiger partial charge < -0.3 is 10.1 Å². The molecule has 3 nitrogen and oxygen atoms in total. The molecule has 0 unspecified atom stereocenters. The zero-order chi connectivity index (χ0) is 16.7. The van der Waals surface area contributed by atoms with E-state index in [-0.39, 0.29) is 32.6 Å². The molecular weight excluding hydrogens is 482 g/mol. The minimum Gasteiger partial charge on any atom is -0.372 e. The van der Waals surface area contributed by atoms with Crippen LogP contribution in [0.25, 0.3) is 0 Å². The molecule has 120 valence electrons. The van der Waals surface area contributed by atoms with E-state index in [0.29, 0.717) is 27.9 Å². The molecule has 0 radical (unpaired) electrons. The molecule has 1 N–H and O–H groups in total. The first-order chi connectivity index (χ1) is 11.6. The fourth-order valence-electron chi connectivity index (χ4n) is 2.96. The van der Waals surface area contributed by atoms with Crippen LogP contribution in [0.4, 0.5) is 11.4 Å². The SMILES string of the molecule is Cc1ccc(Nc2cc[c-]c3c2C(=O)c2ccccc2C3=O)cc1.[W+2]. The normalized spacial score (nSPS) is 12.0. The topological polar surface area (TPSA) is 46.2 Å². The number of carbonyl (C=O) groups is 2. The van der Waals surface area contributed by atoms with Crippen molar-refractivity contribution in [2.24, 2.45) is 0 Å². The summed E-state index contributed by atoms with van der Waals surface area (Å²) in [4.78, 5) is 25.6. The molecule has 3 aromatic rings. The van der Waals surface area contributed by atoms with Crippen LogP contribution in [-0.4, -0.2) is 11.6 Å². The van der Waals surface area contributed by atoms with Gasteiger partial charge in [0.2, 0.25) is 0 Å². The predicted molar refractivity (Wildman–Crippen MR) is 93.0 cm³/mol. The molecule has 0 saturated heterocycles. The third kappa shape index (κ3) is 2.96. The fourth-order valence-corrected chi connectivity index (χ4v) is 2.96. The Kier molecular flexibility index (Phi) is 4.69. The molecule has 0 aliphatic heterocycles. The van der Waals surface area contributed by atoms with E-state index in [1.165, 1.54) is 0 Å².